The number of hydrogen-bond acceptors (Lipinski definition) is 2. The Bertz CT molecular complexity index is 579. The van der Waals surface area contributed by atoms with Gasteiger partial charge in [-0.05, 0) is 100 Å². The Morgan fingerprint density at radius 1 is 1.15 bits per heavy atom. The van der Waals surface area contributed by atoms with E-state index < -0.39 is 15.6 Å². The van der Waals surface area contributed by atoms with E-state index in [0.29, 0.717) is 23.7 Å². The second-order valence-corrected chi connectivity index (χ2v) is 15.3. The highest BCUT2D eigenvalue weighted by atomic mass is 32.3. The van der Waals surface area contributed by atoms with Gasteiger partial charge in [0.05, 0.1) is 11.7 Å². The predicted molar refractivity (Wildman–Crippen MR) is 113 cm³/mol. The van der Waals surface area contributed by atoms with Crippen LogP contribution < -0.4 is 0 Å². The second kappa shape index (κ2) is 6.52. The minimum Gasteiger partial charge on any atom is -0.393 e. The lowest BCUT2D eigenvalue weighted by atomic mass is 9.46. The van der Waals surface area contributed by atoms with Crippen LogP contribution in [0.2, 0.25) is 0 Å². The van der Waals surface area contributed by atoms with Crippen molar-refractivity contribution in [2.45, 2.75) is 76.4 Å². The summed E-state index contributed by atoms with van der Waals surface area (Å²) in [5.74, 6) is 3.25. The maximum Gasteiger partial charge on any atom is 0.0765 e. The van der Waals surface area contributed by atoms with Gasteiger partial charge in [0.2, 0.25) is 0 Å². The van der Waals surface area contributed by atoms with E-state index in [1.807, 2.05) is 0 Å². The van der Waals surface area contributed by atoms with E-state index in [1.54, 1.807) is 5.57 Å². The van der Waals surface area contributed by atoms with Gasteiger partial charge in [0.1, 0.15) is 0 Å². The van der Waals surface area contributed by atoms with Crippen molar-refractivity contribution in [3.63, 3.8) is 0 Å². The van der Waals surface area contributed by atoms with Gasteiger partial charge in [-0.25, -0.2) is 10.0 Å². The number of rotatable bonds is 3. The average molecular weight is 381 g/mol. The second-order valence-electron chi connectivity index (χ2n) is 10.8. The topological polar surface area (TPSA) is 40.5 Å². The summed E-state index contributed by atoms with van der Waals surface area (Å²) in [5.41, 5.74) is 1.05. The molecule has 150 valence electrons. The highest BCUT2D eigenvalue weighted by Crippen LogP contribution is 2.67. The fraction of sp³-hybridized carbons (Fsp3) is 0.913. The molecule has 0 saturated heterocycles. The standard InChI is InChI=1S/C23H40O2S/c1-5-22-14-23(25,15-26(2,3)4)21-17-9-7-6-8-16(17)10-11-18(21)19(22)12-13-20(22)24/h8,17-21,24-25H,5-7,9-15H2,1-4H3. The van der Waals surface area contributed by atoms with Crippen molar-refractivity contribution in [2.24, 2.45) is 29.1 Å². The summed E-state index contributed by atoms with van der Waals surface area (Å²) in [6.45, 7) is 2.26. The van der Waals surface area contributed by atoms with Crippen LogP contribution in [0.25, 0.3) is 0 Å². The van der Waals surface area contributed by atoms with E-state index in [1.165, 1.54) is 38.5 Å². The first kappa shape index (κ1) is 19.3. The smallest absolute Gasteiger partial charge is 0.0765 e. The normalized spacial score (nSPS) is 49.0. The monoisotopic (exact) mass is 380 g/mol. The van der Waals surface area contributed by atoms with Gasteiger partial charge in [-0.15, -0.1) is 0 Å². The number of aliphatic hydroxyl groups excluding tert-OH is 1. The maximum atomic E-state index is 12.3. The highest BCUT2D eigenvalue weighted by Gasteiger charge is 2.65. The van der Waals surface area contributed by atoms with Crippen LogP contribution in [0.1, 0.15) is 64.7 Å². The lowest BCUT2D eigenvalue weighted by Gasteiger charge is -2.62. The van der Waals surface area contributed by atoms with Gasteiger partial charge >= 0.3 is 0 Å². The number of allylic oxidation sites excluding steroid dienone is 2. The Morgan fingerprint density at radius 3 is 2.62 bits per heavy atom. The van der Waals surface area contributed by atoms with Crippen LogP contribution in [-0.4, -0.2) is 46.4 Å². The molecular formula is C23H40O2S. The summed E-state index contributed by atoms with van der Waals surface area (Å²) >= 11 is 0. The Hall–Kier alpha value is 0.01000. The molecule has 0 aliphatic heterocycles. The van der Waals surface area contributed by atoms with Gasteiger partial charge < -0.3 is 10.2 Å². The summed E-state index contributed by atoms with van der Waals surface area (Å²) in [6.07, 6.45) is 19.7. The highest BCUT2D eigenvalue weighted by molar-refractivity contribution is 8.32. The average Bonchev–Trinajstić information content (AvgIpc) is 2.89. The molecular weight excluding hydrogens is 340 g/mol. The van der Waals surface area contributed by atoms with Crippen LogP contribution in [-0.2, 0) is 0 Å². The fourth-order valence-electron chi connectivity index (χ4n) is 7.95. The van der Waals surface area contributed by atoms with Gasteiger partial charge in [0, 0.05) is 11.2 Å². The van der Waals surface area contributed by atoms with Crippen molar-refractivity contribution in [2.75, 3.05) is 24.5 Å². The zero-order chi connectivity index (χ0) is 18.7. The molecule has 7 unspecified atom stereocenters. The third-order valence-electron chi connectivity index (χ3n) is 8.53. The summed E-state index contributed by atoms with van der Waals surface area (Å²) in [5, 5.41) is 23.3. The minimum absolute atomic E-state index is 0.0313. The van der Waals surface area contributed by atoms with Gasteiger partial charge in [-0.2, -0.15) is 0 Å². The number of fused-ring (bicyclic) bond motifs is 5. The first-order valence-electron chi connectivity index (χ1n) is 11.0. The molecule has 2 nitrogen and oxygen atoms in total. The molecule has 7 atom stereocenters. The van der Waals surface area contributed by atoms with Crippen molar-refractivity contribution < 1.29 is 10.2 Å². The van der Waals surface area contributed by atoms with Crippen LogP contribution in [0.15, 0.2) is 11.6 Å². The third kappa shape index (κ3) is 2.92. The molecule has 3 heteroatoms. The molecule has 4 aliphatic rings. The van der Waals surface area contributed by atoms with E-state index in [0.717, 1.165) is 25.0 Å². The molecule has 3 saturated carbocycles. The minimum atomic E-state index is -0.803. The van der Waals surface area contributed by atoms with Crippen LogP contribution in [0.4, 0.5) is 0 Å². The summed E-state index contributed by atoms with van der Waals surface area (Å²) in [6, 6.07) is 0. The predicted octanol–water partition coefficient (Wildman–Crippen LogP) is 4.74. The Labute approximate surface area is 162 Å². The van der Waals surface area contributed by atoms with Crippen molar-refractivity contribution >= 4 is 10.0 Å². The van der Waals surface area contributed by atoms with Gasteiger partial charge in [0.25, 0.3) is 0 Å². The van der Waals surface area contributed by atoms with E-state index in [4.69, 9.17) is 0 Å². The van der Waals surface area contributed by atoms with E-state index in [-0.39, 0.29) is 11.5 Å². The van der Waals surface area contributed by atoms with Crippen molar-refractivity contribution in [1.82, 2.24) is 0 Å². The molecule has 4 rings (SSSR count). The zero-order valence-electron chi connectivity index (χ0n) is 17.3. The quantitative estimate of drug-likeness (QED) is 0.695. The summed E-state index contributed by atoms with van der Waals surface area (Å²) in [4.78, 5) is 0. The first-order chi connectivity index (χ1) is 12.2. The van der Waals surface area contributed by atoms with Crippen LogP contribution in [0.5, 0.6) is 0 Å². The van der Waals surface area contributed by atoms with Gasteiger partial charge in [-0.1, -0.05) is 18.6 Å². The number of aliphatic hydroxyl groups is 2. The molecule has 0 radical (unpaired) electrons. The largest absolute Gasteiger partial charge is 0.393 e. The third-order valence-corrected chi connectivity index (χ3v) is 9.90. The fourth-order valence-corrected chi connectivity index (χ4v) is 9.75. The molecule has 3 fully saturated rings. The summed E-state index contributed by atoms with van der Waals surface area (Å²) in [7, 11) is -0.803. The van der Waals surface area contributed by atoms with E-state index in [9.17, 15) is 10.2 Å². The molecule has 0 bridgehead atoms. The summed E-state index contributed by atoms with van der Waals surface area (Å²) < 4.78 is 0. The molecule has 2 N–H and O–H groups in total. The van der Waals surface area contributed by atoms with Gasteiger partial charge in [0.15, 0.2) is 0 Å². The SMILES string of the molecule is CCC12CC(O)(CS(C)(C)C)C3C4CCCC=C4CCC3C1CCC2O. The number of hydrogen-bond donors (Lipinski definition) is 2. The molecule has 0 aromatic rings. The van der Waals surface area contributed by atoms with Crippen LogP contribution in [0, 0.1) is 29.1 Å². The molecule has 0 aromatic carbocycles. The van der Waals surface area contributed by atoms with E-state index >= 15 is 0 Å². The Kier molecular flexibility index (Phi) is 4.85. The zero-order valence-corrected chi connectivity index (χ0v) is 18.2. The first-order valence-corrected chi connectivity index (χ1v) is 14.0. The van der Waals surface area contributed by atoms with E-state index in [2.05, 4.69) is 31.8 Å². The van der Waals surface area contributed by atoms with Gasteiger partial charge in [-0.3, -0.25) is 0 Å². The van der Waals surface area contributed by atoms with Crippen LogP contribution >= 0.6 is 10.0 Å². The lowest BCUT2D eigenvalue weighted by Crippen LogP contribution is -2.62. The molecule has 0 amide bonds. The molecule has 0 aromatic heterocycles. The lowest BCUT2D eigenvalue weighted by molar-refractivity contribution is -0.176. The molecule has 26 heavy (non-hydrogen) atoms. The molecule has 0 spiro atoms. The Balaban J connectivity index is 1.79. The molecule has 0 heterocycles. The van der Waals surface area contributed by atoms with Crippen LogP contribution in [0.3, 0.4) is 0 Å². The van der Waals surface area contributed by atoms with Crippen molar-refractivity contribution in [3.05, 3.63) is 11.6 Å². The molecule has 4 aliphatic carbocycles. The van der Waals surface area contributed by atoms with Crippen molar-refractivity contribution in [1.29, 1.82) is 0 Å². The van der Waals surface area contributed by atoms with Crippen molar-refractivity contribution in [3.8, 4) is 0 Å². The Morgan fingerprint density at radius 2 is 1.92 bits per heavy atom. The maximum absolute atomic E-state index is 12.3.